The van der Waals surface area contributed by atoms with Gasteiger partial charge in [0.15, 0.2) is 0 Å². The molecule has 0 aliphatic carbocycles. The largest absolute Gasteiger partial charge is 0.494 e. The van der Waals surface area contributed by atoms with Crippen LogP contribution in [0.2, 0.25) is 0 Å². The molecule has 1 unspecified atom stereocenters. The maximum atomic E-state index is 11.0. The molecule has 146 valence electrons. The second-order valence-electron chi connectivity index (χ2n) is 7.83. The predicted octanol–water partition coefficient (Wildman–Crippen LogP) is 0.632. The molecule has 0 amide bonds. The van der Waals surface area contributed by atoms with Crippen LogP contribution < -0.4 is 4.74 Å². The fourth-order valence-electron chi connectivity index (χ4n) is 3.83. The molecule has 0 saturated carbocycles. The number of hydrogen-bond acceptors (Lipinski definition) is 6. The third kappa shape index (κ3) is 5.66. The number of β-amino-alcohol motifs (C(OH)–C–C–N with tert-alkyl or cyclic N) is 1. The Labute approximate surface area is 157 Å². The number of aliphatic hydroxyl groups is 2. The van der Waals surface area contributed by atoms with Crippen molar-refractivity contribution in [2.24, 2.45) is 0 Å². The molecule has 0 bridgehead atoms. The van der Waals surface area contributed by atoms with Crippen molar-refractivity contribution in [1.82, 2.24) is 14.7 Å². The molecule has 2 fully saturated rings. The highest BCUT2D eigenvalue weighted by atomic mass is 16.5. The van der Waals surface area contributed by atoms with Crippen LogP contribution in [0.15, 0.2) is 24.3 Å². The zero-order chi connectivity index (χ0) is 18.4. The maximum Gasteiger partial charge on any atom is 0.119 e. The molecule has 2 aliphatic rings. The number of rotatable bonds is 8. The van der Waals surface area contributed by atoms with Crippen LogP contribution in [0, 0.1) is 0 Å². The number of likely N-dealkylation sites (tertiary alicyclic amines) is 1. The highest BCUT2D eigenvalue weighted by Gasteiger charge is 2.37. The van der Waals surface area contributed by atoms with Gasteiger partial charge in [0, 0.05) is 65.4 Å². The first-order valence-electron chi connectivity index (χ1n) is 9.75. The fraction of sp³-hybridized carbons (Fsp3) is 0.700. The summed E-state index contributed by atoms with van der Waals surface area (Å²) in [6.45, 7) is 8.32. The molecule has 2 aliphatic heterocycles. The van der Waals surface area contributed by atoms with Crippen LogP contribution in [0.1, 0.15) is 18.4 Å². The van der Waals surface area contributed by atoms with E-state index in [9.17, 15) is 5.11 Å². The minimum atomic E-state index is -0.580. The molecule has 0 aromatic heterocycles. The number of piperazine rings is 1. The Morgan fingerprint density at radius 2 is 1.77 bits per heavy atom. The zero-order valence-corrected chi connectivity index (χ0v) is 15.9. The molecule has 0 spiro atoms. The maximum absolute atomic E-state index is 11.0. The quantitative estimate of drug-likeness (QED) is 0.661. The van der Waals surface area contributed by atoms with Gasteiger partial charge in [0.1, 0.15) is 5.75 Å². The topological polar surface area (TPSA) is 59.4 Å². The van der Waals surface area contributed by atoms with Crippen molar-refractivity contribution in [3.05, 3.63) is 29.8 Å². The molecule has 2 N–H and O–H groups in total. The van der Waals surface area contributed by atoms with Gasteiger partial charge in [0.05, 0.1) is 12.2 Å². The molecule has 6 heteroatoms. The Bertz CT molecular complexity index is 546. The van der Waals surface area contributed by atoms with Crippen molar-refractivity contribution >= 4 is 0 Å². The summed E-state index contributed by atoms with van der Waals surface area (Å²) in [6, 6.07) is 8.15. The first-order valence-corrected chi connectivity index (χ1v) is 9.75. The van der Waals surface area contributed by atoms with E-state index in [-0.39, 0.29) is 6.61 Å². The lowest BCUT2D eigenvalue weighted by Crippen LogP contribution is -2.51. The van der Waals surface area contributed by atoms with Crippen LogP contribution in [0.4, 0.5) is 0 Å². The van der Waals surface area contributed by atoms with Crippen molar-refractivity contribution in [2.45, 2.75) is 25.0 Å². The second-order valence-corrected chi connectivity index (χ2v) is 7.83. The normalized spacial score (nSPS) is 25.7. The summed E-state index contributed by atoms with van der Waals surface area (Å²) in [5.74, 6) is 0.843. The average molecular weight is 364 g/mol. The molecular formula is C20H33N3O3. The summed E-state index contributed by atoms with van der Waals surface area (Å²) in [6.07, 6.45) is 1.50. The van der Waals surface area contributed by atoms with Gasteiger partial charge in [-0.15, -0.1) is 0 Å². The minimum Gasteiger partial charge on any atom is -0.494 e. The summed E-state index contributed by atoms with van der Waals surface area (Å²) in [7, 11) is 2.16. The van der Waals surface area contributed by atoms with Crippen molar-refractivity contribution in [3.8, 4) is 5.75 Å². The standard InChI is InChI=1S/C20H33N3O3/c1-21-9-11-22(12-10-21)16-20(25)7-8-23(17-20)15-18-3-5-19(6-4-18)26-14-2-13-24/h3-6,24-25H,2,7-17H2,1H3. The third-order valence-corrected chi connectivity index (χ3v) is 5.43. The van der Waals surface area contributed by atoms with Gasteiger partial charge >= 0.3 is 0 Å². The number of hydrogen-bond donors (Lipinski definition) is 2. The van der Waals surface area contributed by atoms with Gasteiger partial charge < -0.3 is 19.8 Å². The molecular weight excluding hydrogens is 330 g/mol. The van der Waals surface area contributed by atoms with Gasteiger partial charge in [-0.05, 0) is 31.2 Å². The van der Waals surface area contributed by atoms with Crippen LogP contribution in [0.25, 0.3) is 0 Å². The summed E-state index contributed by atoms with van der Waals surface area (Å²) in [5, 5.41) is 19.8. The van der Waals surface area contributed by atoms with Gasteiger partial charge in [-0.2, -0.15) is 0 Å². The molecule has 3 rings (SSSR count). The fourth-order valence-corrected chi connectivity index (χ4v) is 3.83. The van der Waals surface area contributed by atoms with E-state index >= 15 is 0 Å². The van der Waals surface area contributed by atoms with Crippen LogP contribution in [-0.4, -0.2) is 96.6 Å². The van der Waals surface area contributed by atoms with Crippen molar-refractivity contribution < 1.29 is 14.9 Å². The lowest BCUT2D eigenvalue weighted by Gasteiger charge is -2.36. The predicted molar refractivity (Wildman–Crippen MR) is 102 cm³/mol. The molecule has 6 nitrogen and oxygen atoms in total. The van der Waals surface area contributed by atoms with Crippen LogP contribution in [0.3, 0.4) is 0 Å². The average Bonchev–Trinajstić information content (AvgIpc) is 2.99. The zero-order valence-electron chi connectivity index (χ0n) is 15.9. The number of aliphatic hydroxyl groups excluding tert-OH is 1. The van der Waals surface area contributed by atoms with E-state index in [0.717, 1.165) is 64.5 Å². The monoisotopic (exact) mass is 363 g/mol. The van der Waals surface area contributed by atoms with Gasteiger partial charge in [-0.25, -0.2) is 0 Å². The first kappa shape index (κ1) is 19.6. The Hall–Kier alpha value is -1.18. The van der Waals surface area contributed by atoms with E-state index < -0.39 is 5.60 Å². The number of benzene rings is 1. The second kappa shape index (κ2) is 9.15. The highest BCUT2D eigenvalue weighted by molar-refractivity contribution is 5.27. The van der Waals surface area contributed by atoms with Crippen molar-refractivity contribution in [1.29, 1.82) is 0 Å². The van der Waals surface area contributed by atoms with E-state index in [1.165, 1.54) is 5.56 Å². The molecule has 1 atom stereocenters. The number of nitrogens with zero attached hydrogens (tertiary/aromatic N) is 3. The van der Waals surface area contributed by atoms with Gasteiger partial charge in [0.25, 0.3) is 0 Å². The van der Waals surface area contributed by atoms with Gasteiger partial charge in [-0.1, -0.05) is 12.1 Å². The molecule has 0 radical (unpaired) electrons. The van der Waals surface area contributed by atoms with Gasteiger partial charge in [-0.3, -0.25) is 9.80 Å². The van der Waals surface area contributed by atoms with Gasteiger partial charge in [0.2, 0.25) is 0 Å². The molecule has 1 aromatic rings. The van der Waals surface area contributed by atoms with Crippen LogP contribution >= 0.6 is 0 Å². The third-order valence-electron chi connectivity index (χ3n) is 5.43. The Morgan fingerprint density at radius 1 is 1.04 bits per heavy atom. The Balaban J connectivity index is 1.44. The lowest BCUT2D eigenvalue weighted by atomic mass is 10.0. The summed E-state index contributed by atoms with van der Waals surface area (Å²) >= 11 is 0. The van der Waals surface area contributed by atoms with Crippen LogP contribution in [-0.2, 0) is 6.54 Å². The smallest absolute Gasteiger partial charge is 0.119 e. The SMILES string of the molecule is CN1CCN(CC2(O)CCN(Cc3ccc(OCCCO)cc3)C2)CC1. The Morgan fingerprint density at radius 3 is 2.46 bits per heavy atom. The van der Waals surface area contributed by atoms with E-state index in [2.05, 4.69) is 33.9 Å². The van der Waals surface area contributed by atoms with Crippen LogP contribution in [0.5, 0.6) is 5.75 Å². The van der Waals surface area contributed by atoms with E-state index in [1.807, 2.05) is 12.1 Å². The lowest BCUT2D eigenvalue weighted by molar-refractivity contribution is -0.000370. The molecule has 2 saturated heterocycles. The number of ether oxygens (including phenoxy) is 1. The summed E-state index contributed by atoms with van der Waals surface area (Å²) in [5.41, 5.74) is 0.659. The molecule has 26 heavy (non-hydrogen) atoms. The van der Waals surface area contributed by atoms with Crippen molar-refractivity contribution in [3.63, 3.8) is 0 Å². The van der Waals surface area contributed by atoms with E-state index in [0.29, 0.717) is 13.0 Å². The minimum absolute atomic E-state index is 0.157. The molecule has 1 aromatic carbocycles. The first-order chi connectivity index (χ1) is 12.6. The summed E-state index contributed by atoms with van der Waals surface area (Å²) < 4.78 is 5.57. The van der Waals surface area contributed by atoms with E-state index in [1.54, 1.807) is 0 Å². The van der Waals surface area contributed by atoms with E-state index in [4.69, 9.17) is 9.84 Å². The highest BCUT2D eigenvalue weighted by Crippen LogP contribution is 2.25. The molecule has 2 heterocycles. The summed E-state index contributed by atoms with van der Waals surface area (Å²) in [4.78, 5) is 7.10. The van der Waals surface area contributed by atoms with Crippen molar-refractivity contribution in [2.75, 3.05) is 66.1 Å². The number of likely N-dealkylation sites (N-methyl/N-ethyl adjacent to an activating group) is 1. The Kier molecular flexibility index (Phi) is 6.89.